The van der Waals surface area contributed by atoms with Crippen molar-refractivity contribution in [3.8, 4) is 0 Å². The zero-order valence-corrected chi connectivity index (χ0v) is 7.22. The van der Waals surface area contributed by atoms with Crippen LogP contribution in [0.15, 0.2) is 0 Å². The highest BCUT2D eigenvalue weighted by Gasteiger charge is 2.52. The van der Waals surface area contributed by atoms with Gasteiger partial charge in [-0.15, -0.1) is 0 Å². The molecule has 1 aliphatic rings. The summed E-state index contributed by atoms with van der Waals surface area (Å²) < 4.78 is 5.30. The van der Waals surface area contributed by atoms with Crippen LogP contribution in [-0.4, -0.2) is 19.3 Å². The van der Waals surface area contributed by atoms with Gasteiger partial charge in [0.25, 0.3) is 0 Å². The van der Waals surface area contributed by atoms with Crippen LogP contribution in [0.1, 0.15) is 20.8 Å². The van der Waals surface area contributed by atoms with E-state index < -0.39 is 0 Å². The quantitative estimate of drug-likeness (QED) is 0.594. The van der Waals surface area contributed by atoms with Crippen LogP contribution in [-0.2, 0) is 4.74 Å². The van der Waals surface area contributed by atoms with Crippen LogP contribution >= 0.6 is 0 Å². The van der Waals surface area contributed by atoms with Gasteiger partial charge in [-0.05, 0) is 5.92 Å². The molecule has 60 valence electrons. The molecule has 1 rings (SSSR count). The van der Waals surface area contributed by atoms with Crippen molar-refractivity contribution in [2.45, 2.75) is 32.9 Å². The molecule has 0 saturated heterocycles. The van der Waals surface area contributed by atoms with Crippen molar-refractivity contribution in [1.29, 1.82) is 0 Å². The molecule has 2 nitrogen and oxygen atoms in total. The van der Waals surface area contributed by atoms with Gasteiger partial charge in [-0.2, -0.15) is 0 Å². The fourth-order valence-corrected chi connectivity index (χ4v) is 2.13. The molecule has 3 atom stereocenters. The first kappa shape index (κ1) is 8.02. The summed E-state index contributed by atoms with van der Waals surface area (Å²) >= 11 is 0. The summed E-state index contributed by atoms with van der Waals surface area (Å²) in [5, 5.41) is 0. The molecule has 0 aromatic carbocycles. The normalized spacial score (nSPS) is 44.7. The average Bonchev–Trinajstić information content (AvgIpc) is 1.88. The summed E-state index contributed by atoms with van der Waals surface area (Å²) in [4.78, 5) is 0. The van der Waals surface area contributed by atoms with Crippen molar-refractivity contribution in [2.75, 3.05) is 7.11 Å². The molecule has 2 N–H and O–H groups in total. The van der Waals surface area contributed by atoms with Crippen LogP contribution in [0.25, 0.3) is 0 Å². The van der Waals surface area contributed by atoms with Crippen LogP contribution in [0, 0.1) is 11.3 Å². The van der Waals surface area contributed by atoms with E-state index in [1.165, 1.54) is 0 Å². The maximum absolute atomic E-state index is 5.89. The Morgan fingerprint density at radius 3 is 2.10 bits per heavy atom. The van der Waals surface area contributed by atoms with Crippen molar-refractivity contribution >= 4 is 0 Å². The Morgan fingerprint density at radius 1 is 1.40 bits per heavy atom. The maximum atomic E-state index is 5.89. The summed E-state index contributed by atoms with van der Waals surface area (Å²) in [6.45, 7) is 6.46. The fraction of sp³-hybridized carbons (Fsp3) is 1.00. The van der Waals surface area contributed by atoms with E-state index in [9.17, 15) is 0 Å². The first-order valence-corrected chi connectivity index (χ1v) is 3.80. The third-order valence-corrected chi connectivity index (χ3v) is 2.89. The minimum atomic E-state index is 0.175. The van der Waals surface area contributed by atoms with Gasteiger partial charge in [0.15, 0.2) is 0 Å². The van der Waals surface area contributed by atoms with Gasteiger partial charge >= 0.3 is 0 Å². The lowest BCUT2D eigenvalue weighted by Gasteiger charge is -2.54. The zero-order chi connectivity index (χ0) is 7.94. The Labute approximate surface area is 62.7 Å². The molecular formula is C8H17NO. The van der Waals surface area contributed by atoms with Crippen molar-refractivity contribution < 1.29 is 4.74 Å². The van der Waals surface area contributed by atoms with Gasteiger partial charge in [0.1, 0.15) is 0 Å². The molecule has 0 bridgehead atoms. The Balaban J connectivity index is 2.61. The van der Waals surface area contributed by atoms with E-state index in [-0.39, 0.29) is 5.41 Å². The van der Waals surface area contributed by atoms with Crippen molar-refractivity contribution in [2.24, 2.45) is 17.1 Å². The molecule has 0 aromatic heterocycles. The predicted octanol–water partition coefficient (Wildman–Crippen LogP) is 1.00. The Morgan fingerprint density at radius 2 is 1.90 bits per heavy atom. The van der Waals surface area contributed by atoms with E-state index in [1.54, 1.807) is 7.11 Å². The molecule has 0 amide bonds. The second kappa shape index (κ2) is 2.21. The molecule has 0 aromatic rings. The van der Waals surface area contributed by atoms with E-state index in [0.29, 0.717) is 18.1 Å². The minimum absolute atomic E-state index is 0.175. The standard InChI is InChI=1S/C8H17NO/c1-5-6(9)8(2,3)7(5)10-4/h5-7H,9H2,1-4H3. The Kier molecular flexibility index (Phi) is 1.77. The number of rotatable bonds is 1. The highest BCUT2D eigenvalue weighted by atomic mass is 16.5. The number of nitrogens with two attached hydrogens (primary N) is 1. The summed E-state index contributed by atoms with van der Waals surface area (Å²) in [6.07, 6.45) is 0.350. The first-order chi connectivity index (χ1) is 4.51. The van der Waals surface area contributed by atoms with Crippen LogP contribution < -0.4 is 5.73 Å². The van der Waals surface area contributed by atoms with Crippen LogP contribution in [0.2, 0.25) is 0 Å². The highest BCUT2D eigenvalue weighted by Crippen LogP contribution is 2.45. The molecule has 1 fully saturated rings. The van der Waals surface area contributed by atoms with Crippen LogP contribution in [0.4, 0.5) is 0 Å². The first-order valence-electron chi connectivity index (χ1n) is 3.80. The van der Waals surface area contributed by atoms with Gasteiger partial charge in [0.2, 0.25) is 0 Å². The van der Waals surface area contributed by atoms with Gasteiger partial charge in [0.05, 0.1) is 6.10 Å². The fourth-order valence-electron chi connectivity index (χ4n) is 2.13. The highest BCUT2D eigenvalue weighted by molar-refractivity contribution is 5.05. The molecule has 2 heteroatoms. The Hall–Kier alpha value is -0.0800. The number of hydrogen-bond acceptors (Lipinski definition) is 2. The Bertz CT molecular complexity index is 133. The molecule has 0 radical (unpaired) electrons. The van der Waals surface area contributed by atoms with E-state index in [0.717, 1.165) is 0 Å². The summed E-state index contributed by atoms with van der Waals surface area (Å²) in [6, 6.07) is 0.303. The summed E-state index contributed by atoms with van der Waals surface area (Å²) in [5.41, 5.74) is 6.06. The van der Waals surface area contributed by atoms with Gasteiger partial charge in [-0.25, -0.2) is 0 Å². The largest absolute Gasteiger partial charge is 0.381 e. The van der Waals surface area contributed by atoms with E-state index in [4.69, 9.17) is 10.5 Å². The van der Waals surface area contributed by atoms with Crippen LogP contribution in [0.5, 0.6) is 0 Å². The molecular weight excluding hydrogens is 126 g/mol. The lowest BCUT2D eigenvalue weighted by Crippen LogP contribution is -2.65. The van der Waals surface area contributed by atoms with Crippen molar-refractivity contribution in [1.82, 2.24) is 0 Å². The second-order valence-corrected chi connectivity index (χ2v) is 3.86. The predicted molar refractivity (Wildman–Crippen MR) is 41.7 cm³/mol. The molecule has 3 unspecified atom stereocenters. The minimum Gasteiger partial charge on any atom is -0.381 e. The van der Waals surface area contributed by atoms with Gasteiger partial charge in [-0.1, -0.05) is 20.8 Å². The number of methoxy groups -OCH3 is 1. The molecule has 10 heavy (non-hydrogen) atoms. The van der Waals surface area contributed by atoms with Gasteiger partial charge in [0, 0.05) is 18.6 Å². The van der Waals surface area contributed by atoms with Crippen LogP contribution in [0.3, 0.4) is 0 Å². The zero-order valence-electron chi connectivity index (χ0n) is 7.22. The number of ether oxygens (including phenoxy) is 1. The number of hydrogen-bond donors (Lipinski definition) is 1. The van der Waals surface area contributed by atoms with E-state index >= 15 is 0 Å². The van der Waals surface area contributed by atoms with Crippen molar-refractivity contribution in [3.63, 3.8) is 0 Å². The summed E-state index contributed by atoms with van der Waals surface area (Å²) in [7, 11) is 1.76. The van der Waals surface area contributed by atoms with Crippen molar-refractivity contribution in [3.05, 3.63) is 0 Å². The SMILES string of the molecule is COC1C(C)C(N)C1(C)C. The average molecular weight is 143 g/mol. The summed E-state index contributed by atoms with van der Waals surface area (Å²) in [5.74, 6) is 0.514. The molecule has 0 heterocycles. The molecule has 1 saturated carbocycles. The second-order valence-electron chi connectivity index (χ2n) is 3.86. The lowest BCUT2D eigenvalue weighted by molar-refractivity contribution is -0.133. The van der Waals surface area contributed by atoms with Gasteiger partial charge < -0.3 is 10.5 Å². The lowest BCUT2D eigenvalue weighted by atomic mass is 9.58. The maximum Gasteiger partial charge on any atom is 0.0677 e. The third kappa shape index (κ3) is 0.789. The van der Waals surface area contributed by atoms with E-state index in [2.05, 4.69) is 20.8 Å². The third-order valence-electron chi connectivity index (χ3n) is 2.89. The smallest absolute Gasteiger partial charge is 0.0677 e. The molecule has 1 aliphatic carbocycles. The topological polar surface area (TPSA) is 35.2 Å². The van der Waals surface area contributed by atoms with E-state index in [1.807, 2.05) is 0 Å². The molecule has 0 aliphatic heterocycles. The van der Waals surface area contributed by atoms with Gasteiger partial charge in [-0.3, -0.25) is 0 Å². The monoisotopic (exact) mass is 143 g/mol. The molecule has 0 spiro atoms.